The van der Waals surface area contributed by atoms with Crippen molar-refractivity contribution in [3.05, 3.63) is 59.7 Å². The summed E-state index contributed by atoms with van der Waals surface area (Å²) in [5, 5.41) is 2.81. The van der Waals surface area contributed by atoms with E-state index >= 15 is 0 Å². The Hall–Kier alpha value is -2.49. The molecule has 23 heavy (non-hydrogen) atoms. The number of carbonyl (C=O) groups is 1. The predicted molar refractivity (Wildman–Crippen MR) is 91.0 cm³/mol. The third-order valence-corrected chi connectivity index (χ3v) is 3.36. The summed E-state index contributed by atoms with van der Waals surface area (Å²) in [6.07, 6.45) is -0.545. The van der Waals surface area contributed by atoms with Crippen molar-refractivity contribution >= 4 is 5.91 Å². The van der Waals surface area contributed by atoms with Crippen LogP contribution in [0.3, 0.4) is 0 Å². The van der Waals surface area contributed by atoms with Crippen LogP contribution in [0.2, 0.25) is 0 Å². The van der Waals surface area contributed by atoms with Crippen molar-refractivity contribution in [2.45, 2.75) is 26.9 Å². The molecule has 2 rings (SSSR count). The molecule has 2 aromatic rings. The van der Waals surface area contributed by atoms with Crippen LogP contribution < -0.4 is 14.8 Å². The van der Waals surface area contributed by atoms with Gasteiger partial charge in [-0.25, -0.2) is 0 Å². The van der Waals surface area contributed by atoms with Gasteiger partial charge in [0.15, 0.2) is 6.10 Å². The predicted octanol–water partition coefficient (Wildman–Crippen LogP) is 3.27. The van der Waals surface area contributed by atoms with Crippen LogP contribution in [0.1, 0.15) is 18.1 Å². The highest BCUT2D eigenvalue weighted by molar-refractivity contribution is 5.80. The molecule has 1 amide bonds. The lowest BCUT2D eigenvalue weighted by Gasteiger charge is -2.15. The summed E-state index contributed by atoms with van der Waals surface area (Å²) < 4.78 is 11.2. The summed E-state index contributed by atoms with van der Waals surface area (Å²) in [5.74, 6) is 1.34. The SMILES string of the molecule is Cc1ccc(O[C@H](C)C(=O)NCCOc2cccc(C)c2)cc1. The van der Waals surface area contributed by atoms with Crippen LogP contribution in [0.4, 0.5) is 0 Å². The van der Waals surface area contributed by atoms with Gasteiger partial charge in [0.1, 0.15) is 18.1 Å². The van der Waals surface area contributed by atoms with Gasteiger partial charge in [-0.1, -0.05) is 29.8 Å². The molecule has 0 aliphatic carbocycles. The number of aryl methyl sites for hydroxylation is 2. The Kier molecular flexibility index (Phi) is 6.03. The molecule has 0 aromatic heterocycles. The second kappa shape index (κ2) is 8.22. The van der Waals surface area contributed by atoms with E-state index in [9.17, 15) is 4.79 Å². The molecular weight excluding hydrogens is 290 g/mol. The number of hydrogen-bond acceptors (Lipinski definition) is 3. The lowest BCUT2D eigenvalue weighted by molar-refractivity contribution is -0.127. The lowest BCUT2D eigenvalue weighted by Crippen LogP contribution is -2.38. The smallest absolute Gasteiger partial charge is 0.260 e. The summed E-state index contributed by atoms with van der Waals surface area (Å²) >= 11 is 0. The van der Waals surface area contributed by atoms with E-state index in [4.69, 9.17) is 9.47 Å². The molecule has 0 aliphatic rings. The molecule has 2 aromatic carbocycles. The standard InChI is InChI=1S/C19H23NO3/c1-14-7-9-17(10-8-14)23-16(3)19(21)20-11-12-22-18-6-4-5-15(2)13-18/h4-10,13,16H,11-12H2,1-3H3,(H,20,21)/t16-/m1/s1. The number of nitrogens with one attached hydrogen (secondary N) is 1. The van der Waals surface area contributed by atoms with Crippen LogP contribution in [-0.2, 0) is 4.79 Å². The Bertz CT molecular complexity index is 637. The number of hydrogen-bond donors (Lipinski definition) is 1. The van der Waals surface area contributed by atoms with Gasteiger partial charge in [-0.3, -0.25) is 4.79 Å². The Morgan fingerprint density at radius 2 is 1.78 bits per heavy atom. The van der Waals surface area contributed by atoms with Crippen molar-refractivity contribution < 1.29 is 14.3 Å². The van der Waals surface area contributed by atoms with E-state index in [-0.39, 0.29) is 5.91 Å². The van der Waals surface area contributed by atoms with Crippen LogP contribution in [0.25, 0.3) is 0 Å². The van der Waals surface area contributed by atoms with Crippen molar-refractivity contribution in [2.24, 2.45) is 0 Å². The molecule has 0 radical (unpaired) electrons. The van der Waals surface area contributed by atoms with E-state index < -0.39 is 6.10 Å². The fourth-order valence-electron chi connectivity index (χ4n) is 2.07. The van der Waals surface area contributed by atoms with E-state index in [2.05, 4.69) is 5.32 Å². The molecule has 0 fully saturated rings. The van der Waals surface area contributed by atoms with E-state index in [1.807, 2.05) is 62.4 Å². The van der Waals surface area contributed by atoms with Crippen LogP contribution in [-0.4, -0.2) is 25.2 Å². The Labute approximate surface area is 137 Å². The molecule has 0 aliphatic heterocycles. The lowest BCUT2D eigenvalue weighted by atomic mass is 10.2. The van der Waals surface area contributed by atoms with Gasteiger partial charge in [-0.05, 0) is 50.6 Å². The minimum atomic E-state index is -0.545. The van der Waals surface area contributed by atoms with E-state index in [0.717, 1.165) is 16.9 Å². The first-order valence-electron chi connectivity index (χ1n) is 7.75. The van der Waals surface area contributed by atoms with E-state index in [1.54, 1.807) is 6.92 Å². The van der Waals surface area contributed by atoms with Crippen molar-refractivity contribution in [3.63, 3.8) is 0 Å². The first-order chi connectivity index (χ1) is 11.0. The minimum Gasteiger partial charge on any atom is -0.492 e. The zero-order valence-electron chi connectivity index (χ0n) is 13.8. The molecule has 0 saturated heterocycles. The van der Waals surface area contributed by atoms with Gasteiger partial charge >= 0.3 is 0 Å². The number of amides is 1. The molecule has 1 atom stereocenters. The highest BCUT2D eigenvalue weighted by atomic mass is 16.5. The first kappa shape index (κ1) is 16.9. The third kappa shape index (κ3) is 5.66. The monoisotopic (exact) mass is 313 g/mol. The van der Waals surface area contributed by atoms with Gasteiger partial charge in [-0.15, -0.1) is 0 Å². The molecule has 0 saturated carbocycles. The molecule has 4 nitrogen and oxygen atoms in total. The van der Waals surface area contributed by atoms with Crippen LogP contribution in [0.15, 0.2) is 48.5 Å². The number of rotatable bonds is 7. The maximum Gasteiger partial charge on any atom is 0.260 e. The van der Waals surface area contributed by atoms with Gasteiger partial charge in [0.2, 0.25) is 0 Å². The van der Waals surface area contributed by atoms with E-state index in [0.29, 0.717) is 18.9 Å². The quantitative estimate of drug-likeness (QED) is 0.798. The largest absolute Gasteiger partial charge is 0.492 e. The van der Waals surface area contributed by atoms with Gasteiger partial charge < -0.3 is 14.8 Å². The topological polar surface area (TPSA) is 47.6 Å². The van der Waals surface area contributed by atoms with E-state index in [1.165, 1.54) is 0 Å². The zero-order chi connectivity index (χ0) is 16.7. The normalized spacial score (nSPS) is 11.6. The van der Waals surface area contributed by atoms with Crippen molar-refractivity contribution in [1.29, 1.82) is 0 Å². The maximum atomic E-state index is 12.0. The first-order valence-corrected chi connectivity index (χ1v) is 7.75. The maximum absolute atomic E-state index is 12.0. The number of ether oxygens (including phenoxy) is 2. The Morgan fingerprint density at radius 3 is 2.48 bits per heavy atom. The Morgan fingerprint density at radius 1 is 1.04 bits per heavy atom. The Balaban J connectivity index is 1.70. The van der Waals surface area contributed by atoms with Crippen LogP contribution in [0.5, 0.6) is 11.5 Å². The number of benzene rings is 2. The molecule has 4 heteroatoms. The second-order valence-corrected chi connectivity index (χ2v) is 5.53. The van der Waals surface area contributed by atoms with Gasteiger partial charge in [0.25, 0.3) is 5.91 Å². The molecule has 0 heterocycles. The zero-order valence-corrected chi connectivity index (χ0v) is 13.8. The average Bonchev–Trinajstić information content (AvgIpc) is 2.53. The minimum absolute atomic E-state index is 0.154. The van der Waals surface area contributed by atoms with Crippen LogP contribution >= 0.6 is 0 Å². The summed E-state index contributed by atoms with van der Waals surface area (Å²) in [5.41, 5.74) is 2.30. The molecule has 122 valence electrons. The molecule has 1 N–H and O–H groups in total. The average molecular weight is 313 g/mol. The summed E-state index contributed by atoms with van der Waals surface area (Å²) in [7, 11) is 0. The van der Waals surface area contributed by atoms with Crippen molar-refractivity contribution in [3.8, 4) is 11.5 Å². The highest BCUT2D eigenvalue weighted by Crippen LogP contribution is 2.13. The van der Waals surface area contributed by atoms with Gasteiger partial charge in [0.05, 0.1) is 6.54 Å². The van der Waals surface area contributed by atoms with Crippen LogP contribution in [0, 0.1) is 13.8 Å². The summed E-state index contributed by atoms with van der Waals surface area (Å²) in [6, 6.07) is 15.5. The number of carbonyl (C=O) groups excluding carboxylic acids is 1. The molecule has 0 spiro atoms. The fraction of sp³-hybridized carbons (Fsp3) is 0.316. The van der Waals surface area contributed by atoms with Crippen molar-refractivity contribution in [1.82, 2.24) is 5.32 Å². The van der Waals surface area contributed by atoms with Gasteiger partial charge in [0, 0.05) is 0 Å². The van der Waals surface area contributed by atoms with Crippen molar-refractivity contribution in [2.75, 3.05) is 13.2 Å². The molecular formula is C19H23NO3. The second-order valence-electron chi connectivity index (χ2n) is 5.53. The molecule has 0 bridgehead atoms. The highest BCUT2D eigenvalue weighted by Gasteiger charge is 2.13. The summed E-state index contributed by atoms with van der Waals surface area (Å²) in [6.45, 7) is 6.62. The fourth-order valence-corrected chi connectivity index (χ4v) is 2.07. The van der Waals surface area contributed by atoms with Gasteiger partial charge in [-0.2, -0.15) is 0 Å². The third-order valence-electron chi connectivity index (χ3n) is 3.36. The molecule has 0 unspecified atom stereocenters. The summed E-state index contributed by atoms with van der Waals surface area (Å²) in [4.78, 5) is 12.0.